The minimum atomic E-state index is -0.839. The number of imide groups is 1. The summed E-state index contributed by atoms with van der Waals surface area (Å²) < 4.78 is 5.77. The Bertz CT molecular complexity index is 1710. The van der Waals surface area contributed by atoms with Gasteiger partial charge < -0.3 is 9.84 Å². The Morgan fingerprint density at radius 2 is 1.83 bits per heavy atom. The predicted molar refractivity (Wildman–Crippen MR) is 153 cm³/mol. The first kappa shape index (κ1) is 27.3. The van der Waals surface area contributed by atoms with Crippen LogP contribution >= 0.6 is 31.9 Å². The van der Waals surface area contributed by atoms with Gasteiger partial charge in [0.2, 0.25) is 11.8 Å². The highest BCUT2D eigenvalue weighted by molar-refractivity contribution is 9.12. The van der Waals surface area contributed by atoms with E-state index in [1.54, 1.807) is 12.1 Å². The van der Waals surface area contributed by atoms with E-state index < -0.39 is 40.4 Å². The van der Waals surface area contributed by atoms with Gasteiger partial charge in [0, 0.05) is 35.3 Å². The number of hydrogen-bond donors (Lipinski definition) is 1. The van der Waals surface area contributed by atoms with Crippen LogP contribution in [0.4, 0.5) is 11.4 Å². The number of methoxy groups -OCH3 is 1. The maximum absolute atomic E-state index is 14.0. The quantitative estimate of drug-likeness (QED) is 0.155. The first-order chi connectivity index (χ1) is 19.5. The van der Waals surface area contributed by atoms with E-state index >= 15 is 0 Å². The van der Waals surface area contributed by atoms with Gasteiger partial charge in [-0.2, -0.15) is 0 Å². The molecule has 12 heteroatoms. The van der Waals surface area contributed by atoms with Crippen molar-refractivity contribution in [2.75, 3.05) is 12.0 Å². The van der Waals surface area contributed by atoms with Crippen LogP contribution in [0.5, 0.6) is 11.5 Å². The standard InChI is InChI=1S/C29H20Br2N2O8/c1-41-22-8-12(7-19(30)27(22)36)23-15-5-6-16-24(17(15)10-18-25(23)21(34)11-20(31)26(18)35)29(38)32(28(16)37)13-3-2-4-14(9-13)33(39)40/h2-5,7-9,11,16-17,23-24,36H,6,10H2,1H3. The van der Waals surface area contributed by atoms with Gasteiger partial charge in [0.1, 0.15) is 0 Å². The molecule has 3 aliphatic carbocycles. The molecule has 1 heterocycles. The highest BCUT2D eigenvalue weighted by atomic mass is 79.9. The van der Waals surface area contributed by atoms with Crippen molar-refractivity contribution in [1.82, 2.24) is 0 Å². The summed E-state index contributed by atoms with van der Waals surface area (Å²) in [5.41, 5.74) is 1.69. The first-order valence-corrected chi connectivity index (χ1v) is 14.2. The second kappa shape index (κ2) is 9.88. The molecule has 4 unspecified atom stereocenters. The fourth-order valence-corrected chi connectivity index (χ4v) is 7.41. The van der Waals surface area contributed by atoms with Crippen molar-refractivity contribution in [1.29, 1.82) is 0 Å². The third-order valence-electron chi connectivity index (χ3n) is 8.23. The molecule has 1 N–H and O–H groups in total. The lowest BCUT2D eigenvalue weighted by atomic mass is 9.59. The summed E-state index contributed by atoms with van der Waals surface area (Å²) in [5.74, 6) is -4.57. The SMILES string of the molecule is COc1cc(C2C3=CCC4C(=O)N(c5cccc([N+](=O)[O-])c5)C(=O)C4C3CC3=C2C(=O)C=C(Br)C3=O)cc(Br)c1O. The molecule has 0 aromatic heterocycles. The van der Waals surface area contributed by atoms with Gasteiger partial charge in [0.25, 0.3) is 5.69 Å². The molecule has 41 heavy (non-hydrogen) atoms. The maximum Gasteiger partial charge on any atom is 0.271 e. The zero-order chi connectivity index (χ0) is 29.3. The van der Waals surface area contributed by atoms with E-state index in [9.17, 15) is 34.4 Å². The van der Waals surface area contributed by atoms with Crippen molar-refractivity contribution in [3.8, 4) is 11.5 Å². The van der Waals surface area contributed by atoms with Crippen LogP contribution in [0.1, 0.15) is 24.3 Å². The van der Waals surface area contributed by atoms with Crippen molar-refractivity contribution in [2.24, 2.45) is 17.8 Å². The zero-order valence-corrected chi connectivity index (χ0v) is 24.5. The number of nitro groups is 1. The largest absolute Gasteiger partial charge is 0.503 e. The number of benzene rings is 2. The number of ketones is 2. The van der Waals surface area contributed by atoms with Crippen molar-refractivity contribution in [2.45, 2.75) is 18.8 Å². The number of phenolic OH excluding ortho intramolecular Hbond substituents is 1. The number of carbonyl (C=O) groups is 4. The van der Waals surface area contributed by atoms with Crippen LogP contribution in [0.3, 0.4) is 0 Å². The predicted octanol–water partition coefficient (Wildman–Crippen LogP) is 5.04. The number of amides is 2. The minimum absolute atomic E-state index is 0.0739. The lowest BCUT2D eigenvalue weighted by Crippen LogP contribution is -2.39. The average Bonchev–Trinajstić information content (AvgIpc) is 3.21. The summed E-state index contributed by atoms with van der Waals surface area (Å²) in [4.78, 5) is 66.1. The van der Waals surface area contributed by atoms with Gasteiger partial charge in [-0.1, -0.05) is 17.7 Å². The Morgan fingerprint density at radius 3 is 2.54 bits per heavy atom. The number of nitrogens with zero attached hydrogens (tertiary/aromatic N) is 2. The Kier molecular flexibility index (Phi) is 6.57. The Labute approximate surface area is 249 Å². The second-order valence-electron chi connectivity index (χ2n) is 10.2. The number of carbonyl (C=O) groups excluding carboxylic acids is 4. The number of rotatable bonds is 4. The molecule has 2 aromatic rings. The Morgan fingerprint density at radius 1 is 1.07 bits per heavy atom. The second-order valence-corrected chi connectivity index (χ2v) is 11.9. The molecule has 1 saturated heterocycles. The van der Waals surface area contributed by atoms with E-state index in [0.29, 0.717) is 10.0 Å². The van der Waals surface area contributed by atoms with E-state index in [4.69, 9.17) is 4.74 Å². The van der Waals surface area contributed by atoms with Crippen LogP contribution in [0, 0.1) is 27.9 Å². The molecule has 1 fully saturated rings. The molecule has 10 nitrogen and oxygen atoms in total. The lowest BCUT2D eigenvalue weighted by Gasteiger charge is -2.42. The number of nitro benzene ring substituents is 1. The van der Waals surface area contributed by atoms with Gasteiger partial charge in [-0.05, 0) is 74.4 Å². The number of ether oxygens (including phenoxy) is 1. The van der Waals surface area contributed by atoms with Gasteiger partial charge in [-0.15, -0.1) is 0 Å². The number of anilines is 1. The summed E-state index contributed by atoms with van der Waals surface area (Å²) in [6.07, 6.45) is 3.39. The van der Waals surface area contributed by atoms with Crippen LogP contribution in [0.15, 0.2) is 74.2 Å². The number of Topliss-reactive ketones (excluding diaryl/α,β-unsaturated/α-hetero) is 1. The average molecular weight is 684 g/mol. The molecule has 0 bridgehead atoms. The molecule has 0 spiro atoms. The van der Waals surface area contributed by atoms with E-state index in [0.717, 1.165) is 10.5 Å². The molecule has 0 saturated carbocycles. The van der Waals surface area contributed by atoms with Gasteiger partial charge in [0.05, 0.1) is 38.5 Å². The van der Waals surface area contributed by atoms with Crippen LogP contribution in [0.2, 0.25) is 0 Å². The number of halogens is 2. The summed E-state index contributed by atoms with van der Waals surface area (Å²) >= 11 is 6.54. The maximum atomic E-state index is 14.0. The van der Waals surface area contributed by atoms with Crippen LogP contribution < -0.4 is 9.64 Å². The van der Waals surface area contributed by atoms with Gasteiger partial charge in [-0.25, -0.2) is 4.90 Å². The Balaban J connectivity index is 1.49. The van der Waals surface area contributed by atoms with Gasteiger partial charge >= 0.3 is 0 Å². The van der Waals surface area contributed by atoms with Crippen LogP contribution in [0.25, 0.3) is 0 Å². The molecule has 4 aliphatic rings. The third kappa shape index (κ3) is 4.11. The topological polar surface area (TPSA) is 144 Å². The monoisotopic (exact) mass is 682 g/mol. The molecule has 0 radical (unpaired) electrons. The molecule has 6 rings (SSSR count). The zero-order valence-electron chi connectivity index (χ0n) is 21.3. The molecule has 1 aliphatic heterocycles. The normalized spacial score (nSPS) is 25.4. The lowest BCUT2D eigenvalue weighted by molar-refractivity contribution is -0.384. The number of fused-ring (bicyclic) bond motifs is 3. The summed E-state index contributed by atoms with van der Waals surface area (Å²) in [5, 5.41) is 21.8. The fourth-order valence-electron chi connectivity index (χ4n) is 6.50. The highest BCUT2D eigenvalue weighted by Gasteiger charge is 2.56. The van der Waals surface area contributed by atoms with E-state index in [-0.39, 0.29) is 62.9 Å². The van der Waals surface area contributed by atoms with Crippen LogP contribution in [-0.4, -0.2) is 40.5 Å². The third-order valence-corrected chi connectivity index (χ3v) is 9.43. The molecule has 2 amide bonds. The summed E-state index contributed by atoms with van der Waals surface area (Å²) in [6, 6.07) is 8.60. The van der Waals surface area contributed by atoms with Crippen LogP contribution in [-0.2, 0) is 19.2 Å². The van der Waals surface area contributed by atoms with E-state index in [1.165, 1.54) is 37.5 Å². The van der Waals surface area contributed by atoms with Crippen molar-refractivity contribution in [3.63, 3.8) is 0 Å². The highest BCUT2D eigenvalue weighted by Crippen LogP contribution is 2.56. The molecule has 2 aromatic carbocycles. The van der Waals surface area contributed by atoms with Gasteiger partial charge in [-0.3, -0.25) is 29.3 Å². The Hall–Kier alpha value is -3.90. The summed E-state index contributed by atoms with van der Waals surface area (Å²) in [6.45, 7) is 0. The molecule has 4 atom stereocenters. The van der Waals surface area contributed by atoms with Crippen molar-refractivity contribution >= 4 is 66.6 Å². The first-order valence-electron chi connectivity index (χ1n) is 12.6. The van der Waals surface area contributed by atoms with E-state index in [1.807, 2.05) is 6.08 Å². The summed E-state index contributed by atoms with van der Waals surface area (Å²) in [7, 11) is 1.39. The number of hydrogen-bond acceptors (Lipinski definition) is 8. The van der Waals surface area contributed by atoms with Crippen molar-refractivity contribution in [3.05, 3.63) is 89.9 Å². The molecular formula is C29H20Br2N2O8. The number of aromatic hydroxyl groups is 1. The minimum Gasteiger partial charge on any atom is -0.503 e. The van der Waals surface area contributed by atoms with Gasteiger partial charge in [0.15, 0.2) is 23.1 Å². The smallest absolute Gasteiger partial charge is 0.271 e. The fraction of sp³-hybridized carbons (Fsp3) is 0.241. The molecule has 208 valence electrons. The molecular weight excluding hydrogens is 664 g/mol. The number of allylic oxidation sites excluding steroid dienone is 6. The van der Waals surface area contributed by atoms with Crippen molar-refractivity contribution < 1.29 is 33.9 Å². The number of phenols is 1. The number of non-ortho nitro benzene ring substituents is 1. The van der Waals surface area contributed by atoms with E-state index in [2.05, 4.69) is 31.9 Å².